The molecule has 108 valence electrons. The van der Waals surface area contributed by atoms with E-state index in [-0.39, 0.29) is 5.56 Å². The van der Waals surface area contributed by atoms with Crippen LogP contribution >= 0.6 is 0 Å². The van der Waals surface area contributed by atoms with E-state index in [0.29, 0.717) is 22.9 Å². The van der Waals surface area contributed by atoms with Gasteiger partial charge in [0.25, 0.3) is 0 Å². The summed E-state index contributed by atoms with van der Waals surface area (Å²) in [5.41, 5.74) is 0.689. The molecule has 0 spiro atoms. The molecule has 2 aromatic rings. The molecule has 2 rings (SSSR count). The second kappa shape index (κ2) is 6.48. The molecular formula is C15H14N2O4. The lowest BCUT2D eigenvalue weighted by atomic mass is 10.1. The van der Waals surface area contributed by atoms with Crippen molar-refractivity contribution in [2.75, 3.05) is 21.3 Å². The van der Waals surface area contributed by atoms with Crippen LogP contribution in [0.25, 0.3) is 0 Å². The number of nitrogens with zero attached hydrogens (tertiary/aromatic N) is 1. The number of esters is 1. The first kappa shape index (κ1) is 14.5. The van der Waals surface area contributed by atoms with Crippen molar-refractivity contribution >= 4 is 5.97 Å². The molecule has 0 saturated carbocycles. The smallest absolute Gasteiger partial charge is 0.342 e. The minimum atomic E-state index is -0.529. The Kier molecular flexibility index (Phi) is 4.46. The molecule has 0 bridgehead atoms. The van der Waals surface area contributed by atoms with Crippen molar-refractivity contribution < 1.29 is 19.0 Å². The number of methoxy groups -OCH3 is 3. The van der Waals surface area contributed by atoms with Gasteiger partial charge in [-0.25, -0.2) is 9.78 Å². The van der Waals surface area contributed by atoms with Crippen molar-refractivity contribution in [3.8, 4) is 23.3 Å². The van der Waals surface area contributed by atoms with Crippen LogP contribution in [0.3, 0.4) is 0 Å². The maximum absolute atomic E-state index is 11.9. The number of nitrogens with one attached hydrogen (secondary N) is 1. The zero-order valence-corrected chi connectivity index (χ0v) is 11.9. The highest BCUT2D eigenvalue weighted by Crippen LogP contribution is 2.29. The molecule has 0 aliphatic heterocycles. The van der Waals surface area contributed by atoms with Crippen molar-refractivity contribution in [1.82, 2.24) is 9.97 Å². The fraction of sp³-hybridized carbons (Fsp3) is 0.200. The maximum atomic E-state index is 11.9. The quantitative estimate of drug-likeness (QED) is 0.685. The zero-order valence-electron chi connectivity index (χ0n) is 11.9. The third kappa shape index (κ3) is 3.15. The molecule has 1 aromatic carbocycles. The zero-order chi connectivity index (χ0) is 15.2. The summed E-state index contributed by atoms with van der Waals surface area (Å²) in [5.74, 6) is 6.54. The van der Waals surface area contributed by atoms with Crippen LogP contribution in [0, 0.1) is 11.8 Å². The molecule has 21 heavy (non-hydrogen) atoms. The molecule has 0 radical (unpaired) electrons. The van der Waals surface area contributed by atoms with Crippen LogP contribution in [0.4, 0.5) is 0 Å². The van der Waals surface area contributed by atoms with E-state index in [0.717, 1.165) is 0 Å². The first-order valence-corrected chi connectivity index (χ1v) is 6.05. The number of H-pyrrole nitrogens is 1. The maximum Gasteiger partial charge on any atom is 0.342 e. The van der Waals surface area contributed by atoms with E-state index in [1.54, 1.807) is 24.5 Å². The van der Waals surface area contributed by atoms with Crippen LogP contribution in [0.1, 0.15) is 21.7 Å². The number of hydrogen-bond donors (Lipinski definition) is 1. The topological polar surface area (TPSA) is 73.4 Å². The van der Waals surface area contributed by atoms with Gasteiger partial charge in [0, 0.05) is 24.0 Å². The van der Waals surface area contributed by atoms with Crippen molar-refractivity contribution in [3.05, 3.63) is 41.5 Å². The third-order valence-electron chi connectivity index (χ3n) is 2.73. The fourth-order valence-electron chi connectivity index (χ4n) is 1.74. The van der Waals surface area contributed by atoms with Gasteiger partial charge in [0.05, 0.1) is 21.3 Å². The molecule has 1 heterocycles. The second-order valence-electron chi connectivity index (χ2n) is 3.93. The molecule has 1 N–H and O–H groups in total. The van der Waals surface area contributed by atoms with E-state index in [1.807, 2.05) is 0 Å². The van der Waals surface area contributed by atoms with Gasteiger partial charge in [-0.2, -0.15) is 0 Å². The van der Waals surface area contributed by atoms with Crippen LogP contribution < -0.4 is 9.47 Å². The van der Waals surface area contributed by atoms with Crippen LogP contribution in [0.2, 0.25) is 0 Å². The highest BCUT2D eigenvalue weighted by molar-refractivity contribution is 5.95. The van der Waals surface area contributed by atoms with Crippen molar-refractivity contribution in [3.63, 3.8) is 0 Å². The average molecular weight is 286 g/mol. The minimum Gasteiger partial charge on any atom is -0.497 e. The Morgan fingerprint density at radius 3 is 2.57 bits per heavy atom. The Balaban J connectivity index is 2.57. The van der Waals surface area contributed by atoms with Crippen LogP contribution in [-0.4, -0.2) is 37.3 Å². The van der Waals surface area contributed by atoms with Gasteiger partial charge in [-0.15, -0.1) is 0 Å². The lowest BCUT2D eigenvalue weighted by Crippen LogP contribution is -2.07. The summed E-state index contributed by atoms with van der Waals surface area (Å²) >= 11 is 0. The van der Waals surface area contributed by atoms with E-state index in [1.165, 1.54) is 21.3 Å². The van der Waals surface area contributed by atoms with Gasteiger partial charge in [0.1, 0.15) is 17.1 Å². The number of aromatic amines is 1. The van der Waals surface area contributed by atoms with Gasteiger partial charge in [-0.1, -0.05) is 5.92 Å². The van der Waals surface area contributed by atoms with Gasteiger partial charge in [0.15, 0.2) is 5.82 Å². The molecule has 0 unspecified atom stereocenters. The minimum absolute atomic E-state index is 0.250. The highest BCUT2D eigenvalue weighted by Gasteiger charge is 2.19. The van der Waals surface area contributed by atoms with E-state index < -0.39 is 5.97 Å². The Hall–Kier alpha value is -2.94. The Bertz CT molecular complexity index is 696. The van der Waals surface area contributed by atoms with Gasteiger partial charge in [-0.3, -0.25) is 0 Å². The first-order valence-electron chi connectivity index (χ1n) is 6.05. The monoisotopic (exact) mass is 286 g/mol. The number of rotatable bonds is 3. The van der Waals surface area contributed by atoms with Crippen LogP contribution in [-0.2, 0) is 4.74 Å². The summed E-state index contributed by atoms with van der Waals surface area (Å²) in [6, 6.07) is 3.25. The Labute approximate surface area is 122 Å². The molecule has 6 nitrogen and oxygen atoms in total. The van der Waals surface area contributed by atoms with Crippen LogP contribution in [0.15, 0.2) is 24.5 Å². The number of hydrogen-bond acceptors (Lipinski definition) is 5. The van der Waals surface area contributed by atoms with Gasteiger partial charge in [-0.05, 0) is 12.0 Å². The molecule has 0 fully saturated rings. The number of carbonyl (C=O) groups is 1. The number of carbonyl (C=O) groups excluding carboxylic acids is 1. The summed E-state index contributed by atoms with van der Waals surface area (Å²) in [7, 11) is 4.29. The molecule has 6 heteroatoms. The van der Waals surface area contributed by atoms with E-state index >= 15 is 0 Å². The summed E-state index contributed by atoms with van der Waals surface area (Å²) < 4.78 is 15.2. The number of ether oxygens (including phenoxy) is 3. The highest BCUT2D eigenvalue weighted by atomic mass is 16.5. The lowest BCUT2D eigenvalue weighted by molar-refractivity contribution is 0.0596. The standard InChI is InChI=1S/C15H14N2O4/c1-19-11-8-10(4-5-13-16-6-7-17-13)14(15(18)21-3)12(9-11)20-2/h6-9H,1-3H3,(H,16,17). The van der Waals surface area contributed by atoms with Crippen LogP contribution in [0.5, 0.6) is 11.5 Å². The predicted molar refractivity (Wildman–Crippen MR) is 75.5 cm³/mol. The first-order chi connectivity index (χ1) is 10.2. The lowest BCUT2D eigenvalue weighted by Gasteiger charge is -2.11. The molecule has 0 saturated heterocycles. The molecule has 0 aliphatic rings. The van der Waals surface area contributed by atoms with Crippen molar-refractivity contribution in [2.24, 2.45) is 0 Å². The summed E-state index contributed by atoms with van der Waals surface area (Å²) in [5, 5.41) is 0. The van der Waals surface area contributed by atoms with E-state index in [2.05, 4.69) is 21.8 Å². The SMILES string of the molecule is COC(=O)c1c(C#Cc2ncc[nH]2)cc(OC)cc1OC. The van der Waals surface area contributed by atoms with Crippen molar-refractivity contribution in [1.29, 1.82) is 0 Å². The van der Waals surface area contributed by atoms with Gasteiger partial charge < -0.3 is 19.2 Å². The van der Waals surface area contributed by atoms with E-state index in [9.17, 15) is 4.79 Å². The second-order valence-corrected chi connectivity index (χ2v) is 3.93. The normalized spacial score (nSPS) is 9.48. The summed E-state index contributed by atoms with van der Waals surface area (Å²) in [4.78, 5) is 18.8. The average Bonchev–Trinajstić information content (AvgIpc) is 3.04. The predicted octanol–water partition coefficient (Wildman–Crippen LogP) is 1.61. The Morgan fingerprint density at radius 1 is 1.19 bits per heavy atom. The molecule has 0 amide bonds. The number of imidazole rings is 1. The summed E-state index contributed by atoms with van der Waals surface area (Å²) in [6.45, 7) is 0. The third-order valence-corrected chi connectivity index (χ3v) is 2.73. The number of benzene rings is 1. The molecular weight excluding hydrogens is 272 g/mol. The fourth-order valence-corrected chi connectivity index (χ4v) is 1.74. The number of aromatic nitrogens is 2. The van der Waals surface area contributed by atoms with Crippen molar-refractivity contribution in [2.45, 2.75) is 0 Å². The Morgan fingerprint density at radius 2 is 2.00 bits per heavy atom. The summed E-state index contributed by atoms with van der Waals surface area (Å²) in [6.07, 6.45) is 3.26. The largest absolute Gasteiger partial charge is 0.497 e. The molecule has 0 atom stereocenters. The molecule has 1 aromatic heterocycles. The van der Waals surface area contributed by atoms with Gasteiger partial charge in [0.2, 0.25) is 0 Å². The molecule has 0 aliphatic carbocycles. The van der Waals surface area contributed by atoms with Gasteiger partial charge >= 0.3 is 5.97 Å². The van der Waals surface area contributed by atoms with E-state index in [4.69, 9.17) is 14.2 Å².